The second kappa shape index (κ2) is 5.57. The summed E-state index contributed by atoms with van der Waals surface area (Å²) in [5, 5.41) is 15.2. The molecule has 0 amide bonds. The molecule has 0 saturated heterocycles. The van der Waals surface area contributed by atoms with Crippen LogP contribution in [0.3, 0.4) is 0 Å². The fourth-order valence-electron chi connectivity index (χ4n) is 1.65. The van der Waals surface area contributed by atoms with E-state index >= 15 is 0 Å². The predicted octanol–water partition coefficient (Wildman–Crippen LogP) is 3.30. The molecule has 0 aliphatic heterocycles. The van der Waals surface area contributed by atoms with Crippen molar-refractivity contribution < 1.29 is 0 Å². The minimum atomic E-state index is -0.0555. The summed E-state index contributed by atoms with van der Waals surface area (Å²) in [7, 11) is 0. The van der Waals surface area contributed by atoms with Crippen LogP contribution in [-0.2, 0) is 0 Å². The van der Waals surface area contributed by atoms with Gasteiger partial charge in [-0.25, -0.2) is 9.97 Å². The largest absolute Gasteiger partial charge is 0.365 e. The van der Waals surface area contributed by atoms with E-state index in [4.69, 9.17) is 5.26 Å². The van der Waals surface area contributed by atoms with Gasteiger partial charge in [-0.2, -0.15) is 5.26 Å². The van der Waals surface area contributed by atoms with Gasteiger partial charge >= 0.3 is 0 Å². The number of nitriles is 1. The summed E-state index contributed by atoms with van der Waals surface area (Å²) in [6.07, 6.45) is 1.51. The number of benzene rings is 1. The highest BCUT2D eigenvalue weighted by molar-refractivity contribution is 5.59. The lowest BCUT2D eigenvalue weighted by atomic mass is 10.1. The van der Waals surface area contributed by atoms with E-state index in [-0.39, 0.29) is 5.54 Å². The van der Waals surface area contributed by atoms with E-state index < -0.39 is 0 Å². The van der Waals surface area contributed by atoms with E-state index in [0.29, 0.717) is 11.4 Å². The van der Waals surface area contributed by atoms with Crippen molar-refractivity contribution in [2.75, 3.05) is 10.6 Å². The molecule has 20 heavy (non-hydrogen) atoms. The molecule has 2 aromatic rings. The molecule has 0 fully saturated rings. The lowest BCUT2D eigenvalue weighted by molar-refractivity contribution is 0.630. The van der Waals surface area contributed by atoms with Gasteiger partial charge in [0.05, 0.1) is 11.6 Å². The van der Waals surface area contributed by atoms with E-state index in [1.165, 1.54) is 6.33 Å². The Morgan fingerprint density at radius 2 is 1.70 bits per heavy atom. The average molecular weight is 267 g/mol. The number of hydrogen-bond donors (Lipinski definition) is 2. The Morgan fingerprint density at radius 3 is 2.30 bits per heavy atom. The zero-order valence-electron chi connectivity index (χ0n) is 11.8. The smallest absolute Gasteiger partial charge is 0.135 e. The van der Waals surface area contributed by atoms with Gasteiger partial charge < -0.3 is 10.6 Å². The summed E-state index contributed by atoms with van der Waals surface area (Å²) in [5.41, 5.74) is 1.46. The molecule has 5 nitrogen and oxygen atoms in total. The lowest BCUT2D eigenvalue weighted by Crippen LogP contribution is -2.26. The highest BCUT2D eigenvalue weighted by Crippen LogP contribution is 2.18. The van der Waals surface area contributed by atoms with Crippen LogP contribution in [-0.4, -0.2) is 15.5 Å². The van der Waals surface area contributed by atoms with Crippen molar-refractivity contribution in [3.63, 3.8) is 0 Å². The van der Waals surface area contributed by atoms with E-state index in [1.54, 1.807) is 12.1 Å². The quantitative estimate of drug-likeness (QED) is 0.892. The number of aromatic nitrogens is 2. The maximum absolute atomic E-state index is 8.76. The van der Waals surface area contributed by atoms with Crippen LogP contribution in [0.25, 0.3) is 0 Å². The van der Waals surface area contributed by atoms with Crippen molar-refractivity contribution in [2.45, 2.75) is 26.3 Å². The highest BCUT2D eigenvalue weighted by Gasteiger charge is 2.10. The molecule has 0 saturated carbocycles. The molecule has 1 aromatic carbocycles. The molecule has 0 aliphatic rings. The van der Waals surface area contributed by atoms with E-state index in [0.717, 1.165) is 11.5 Å². The summed E-state index contributed by atoms with van der Waals surface area (Å²) in [5.74, 6) is 1.47. The Labute approximate surface area is 118 Å². The molecule has 1 aromatic heterocycles. The van der Waals surface area contributed by atoms with E-state index in [9.17, 15) is 0 Å². The summed E-state index contributed by atoms with van der Waals surface area (Å²) in [6, 6.07) is 11.2. The number of nitrogens with one attached hydrogen (secondary N) is 2. The van der Waals surface area contributed by atoms with Crippen LogP contribution in [0.2, 0.25) is 0 Å². The van der Waals surface area contributed by atoms with Crippen LogP contribution in [0.15, 0.2) is 36.7 Å². The molecule has 0 radical (unpaired) electrons. The van der Waals surface area contributed by atoms with Crippen molar-refractivity contribution in [3.8, 4) is 6.07 Å². The van der Waals surface area contributed by atoms with Gasteiger partial charge in [0, 0.05) is 17.3 Å². The number of rotatable bonds is 3. The second-order valence-electron chi connectivity index (χ2n) is 5.48. The van der Waals surface area contributed by atoms with Crippen molar-refractivity contribution in [1.82, 2.24) is 9.97 Å². The zero-order valence-corrected chi connectivity index (χ0v) is 11.8. The maximum atomic E-state index is 8.76. The third kappa shape index (κ3) is 3.95. The first-order chi connectivity index (χ1) is 9.46. The standard InChI is InChI=1S/C15H17N5/c1-15(2,3)20-14-8-13(17-10-18-14)19-12-6-4-11(9-16)5-7-12/h4-8,10H,1-3H3,(H2,17,18,19,20). The van der Waals surface area contributed by atoms with E-state index in [2.05, 4.69) is 47.4 Å². The van der Waals surface area contributed by atoms with Crippen molar-refractivity contribution >= 4 is 17.3 Å². The summed E-state index contributed by atoms with van der Waals surface area (Å²) in [6.45, 7) is 6.22. The Bertz CT molecular complexity index is 620. The highest BCUT2D eigenvalue weighted by atomic mass is 15.1. The Balaban J connectivity index is 2.13. The zero-order chi connectivity index (χ0) is 14.6. The van der Waals surface area contributed by atoms with Crippen LogP contribution in [0.1, 0.15) is 26.3 Å². The predicted molar refractivity (Wildman–Crippen MR) is 79.8 cm³/mol. The number of hydrogen-bond acceptors (Lipinski definition) is 5. The van der Waals surface area contributed by atoms with Crippen LogP contribution in [0, 0.1) is 11.3 Å². The molecule has 0 spiro atoms. The second-order valence-corrected chi connectivity index (χ2v) is 5.48. The monoisotopic (exact) mass is 267 g/mol. The first-order valence-corrected chi connectivity index (χ1v) is 6.34. The van der Waals surface area contributed by atoms with Gasteiger partial charge in [0.15, 0.2) is 0 Å². The van der Waals surface area contributed by atoms with Crippen LogP contribution in [0.4, 0.5) is 17.3 Å². The molecule has 0 aliphatic carbocycles. The average Bonchev–Trinajstić information content (AvgIpc) is 2.38. The third-order valence-electron chi connectivity index (χ3n) is 2.46. The Morgan fingerprint density at radius 1 is 1.05 bits per heavy atom. The fraction of sp³-hybridized carbons (Fsp3) is 0.267. The molecule has 0 unspecified atom stereocenters. The van der Waals surface area contributed by atoms with E-state index in [1.807, 2.05) is 18.2 Å². The minimum Gasteiger partial charge on any atom is -0.365 e. The Kier molecular flexibility index (Phi) is 3.85. The van der Waals surface area contributed by atoms with Crippen LogP contribution in [0.5, 0.6) is 0 Å². The fourth-order valence-corrected chi connectivity index (χ4v) is 1.65. The third-order valence-corrected chi connectivity index (χ3v) is 2.46. The van der Waals surface area contributed by atoms with Gasteiger partial charge in [-0.3, -0.25) is 0 Å². The number of anilines is 3. The van der Waals surface area contributed by atoms with Gasteiger partial charge in [-0.1, -0.05) is 0 Å². The van der Waals surface area contributed by atoms with Gasteiger partial charge in [0.1, 0.15) is 18.0 Å². The summed E-state index contributed by atoms with van der Waals surface area (Å²) in [4.78, 5) is 8.37. The van der Waals surface area contributed by atoms with Gasteiger partial charge in [0.25, 0.3) is 0 Å². The first-order valence-electron chi connectivity index (χ1n) is 6.34. The number of nitrogens with zero attached hydrogens (tertiary/aromatic N) is 3. The van der Waals surface area contributed by atoms with Crippen molar-refractivity contribution in [1.29, 1.82) is 5.26 Å². The molecule has 2 N–H and O–H groups in total. The molecule has 102 valence electrons. The van der Waals surface area contributed by atoms with Gasteiger partial charge in [0.2, 0.25) is 0 Å². The van der Waals surface area contributed by atoms with Crippen LogP contribution >= 0.6 is 0 Å². The molecule has 1 heterocycles. The van der Waals surface area contributed by atoms with Crippen molar-refractivity contribution in [2.24, 2.45) is 0 Å². The van der Waals surface area contributed by atoms with Gasteiger partial charge in [-0.15, -0.1) is 0 Å². The molecular weight excluding hydrogens is 250 g/mol. The molecule has 0 atom stereocenters. The molecule has 2 rings (SSSR count). The Hall–Kier alpha value is -2.61. The molecule has 0 bridgehead atoms. The lowest BCUT2D eigenvalue weighted by Gasteiger charge is -2.21. The normalized spacial score (nSPS) is 10.7. The van der Waals surface area contributed by atoms with Crippen LogP contribution < -0.4 is 10.6 Å². The molecule has 5 heteroatoms. The minimum absolute atomic E-state index is 0.0555. The van der Waals surface area contributed by atoms with Gasteiger partial charge in [-0.05, 0) is 45.0 Å². The van der Waals surface area contributed by atoms with Crippen molar-refractivity contribution in [3.05, 3.63) is 42.2 Å². The maximum Gasteiger partial charge on any atom is 0.135 e. The summed E-state index contributed by atoms with van der Waals surface area (Å²) >= 11 is 0. The SMILES string of the molecule is CC(C)(C)Nc1cc(Nc2ccc(C#N)cc2)ncn1. The summed E-state index contributed by atoms with van der Waals surface area (Å²) < 4.78 is 0. The topological polar surface area (TPSA) is 73.6 Å². The molecular formula is C15H17N5. The first kappa shape index (κ1) is 13.8.